The van der Waals surface area contributed by atoms with Crippen molar-refractivity contribution in [3.8, 4) is 28.2 Å². The Morgan fingerprint density at radius 2 is 1.21 bits per heavy atom. The fourth-order valence-corrected chi connectivity index (χ4v) is 13.7. The number of carboxylic acid groups (broad SMARTS) is 4. The molecule has 580 valence electrons. The van der Waals surface area contributed by atoms with E-state index < -0.39 is 177 Å². The number of thioether (sulfide) groups is 1. The predicted molar refractivity (Wildman–Crippen MR) is 390 cm³/mol. The van der Waals surface area contributed by atoms with E-state index in [4.69, 9.17) is 27.5 Å². The van der Waals surface area contributed by atoms with Gasteiger partial charge in [-0.3, -0.25) is 72.1 Å². The molecular weight excluding hydrogens is 1440 g/mol. The normalized spacial score (nSPS) is 17.2. The molecule has 9 atom stereocenters. The number of fused-ring (bicyclic) bond motifs is 2. The first-order chi connectivity index (χ1) is 50.9. The number of carbonyl (C=O) groups excluding carboxylic acids is 10. The minimum atomic E-state index is -1.76. The van der Waals surface area contributed by atoms with E-state index in [1.165, 1.54) is 61.2 Å². The molecule has 10 amide bonds. The average Bonchev–Trinajstić information content (AvgIpc) is 1.40. The number of anilines is 1. The van der Waals surface area contributed by atoms with E-state index in [1.54, 1.807) is 23.9 Å². The average molecular weight is 1530 g/mol. The lowest BCUT2D eigenvalue weighted by Gasteiger charge is -2.32. The van der Waals surface area contributed by atoms with E-state index >= 15 is 0 Å². The summed E-state index contributed by atoms with van der Waals surface area (Å²) < 4.78 is 5.94. The number of aromatic hydroxyl groups is 1. The molecule has 0 saturated carbocycles. The molecule has 3 fully saturated rings. The number of rotatable bonds is 39. The molecule has 0 radical (unpaired) electrons. The van der Waals surface area contributed by atoms with Crippen LogP contribution in [0.15, 0.2) is 63.8 Å². The molecular formula is C70H91N13O22S2. The molecule has 0 bridgehead atoms. The number of carboxylic acids is 4. The maximum absolute atomic E-state index is 14.5. The Hall–Kier alpha value is -10.5. The maximum atomic E-state index is 14.5. The second-order valence-corrected chi connectivity index (χ2v) is 27.7. The number of aliphatic hydroxyl groups excluding tert-OH is 1. The lowest BCUT2D eigenvalue weighted by molar-refractivity contribution is -0.148. The SMILES string of the molecule is CSCCCCNN(CC(=O)N1CCC[C@@H]1C(=O)N[C@H](CCC(=O)O)C(=O)N[C@H](CCC(=O)O)C(N)=O)C(=O)[C@@H](C)NC(=O)[C@H](NC(=O)[C@H]1CCCN1C(=O)[C@@H](CCC(=O)O)NC(=O)[C@H]1CCCN1C(=O)CCCCNC(=S)Nc1ccc(C(=O)O)c(-c2c3ccc(=O)cc-3oc3cc(O)ccc23)c1)[C@@H](C)O. The zero-order valence-electron chi connectivity index (χ0n) is 59.3. The van der Waals surface area contributed by atoms with Gasteiger partial charge >= 0.3 is 23.9 Å². The van der Waals surface area contributed by atoms with E-state index in [-0.39, 0.29) is 116 Å². The number of aliphatic hydroxyl groups is 1. The highest BCUT2D eigenvalue weighted by atomic mass is 32.2. The van der Waals surface area contributed by atoms with E-state index in [2.05, 4.69) is 42.6 Å². The smallest absolute Gasteiger partial charge is 0.336 e. The van der Waals surface area contributed by atoms with Crippen LogP contribution in [0.2, 0.25) is 0 Å². The van der Waals surface area contributed by atoms with Crippen molar-refractivity contribution in [2.75, 3.05) is 56.6 Å². The summed E-state index contributed by atoms with van der Waals surface area (Å²) in [7, 11) is 0. The van der Waals surface area contributed by atoms with Crippen LogP contribution >= 0.6 is 24.0 Å². The van der Waals surface area contributed by atoms with Gasteiger partial charge in [0.05, 0.1) is 11.7 Å². The molecule has 2 aromatic rings. The number of benzene rings is 3. The van der Waals surface area contributed by atoms with Gasteiger partial charge in [-0.1, -0.05) is 0 Å². The highest BCUT2D eigenvalue weighted by Gasteiger charge is 2.43. The Labute approximate surface area is 623 Å². The number of aromatic carboxylic acids is 1. The number of phenols is 1. The first-order valence-corrected chi connectivity index (χ1v) is 36.9. The number of nitrogens with two attached hydrogens (primary N) is 1. The summed E-state index contributed by atoms with van der Waals surface area (Å²) in [6.45, 7) is 2.35. The van der Waals surface area contributed by atoms with Gasteiger partial charge in [-0.05, 0) is 170 Å². The molecule has 107 heavy (non-hydrogen) atoms. The molecule has 16 N–H and O–H groups in total. The van der Waals surface area contributed by atoms with Crippen LogP contribution in [0.4, 0.5) is 5.69 Å². The van der Waals surface area contributed by atoms with Crippen LogP contribution in [0.1, 0.15) is 133 Å². The van der Waals surface area contributed by atoms with Crippen LogP contribution in [0.25, 0.3) is 33.4 Å². The zero-order chi connectivity index (χ0) is 78.3. The van der Waals surface area contributed by atoms with Gasteiger partial charge in [-0.25, -0.2) is 10.2 Å². The molecule has 2 aromatic carbocycles. The highest BCUT2D eigenvalue weighted by molar-refractivity contribution is 7.98. The van der Waals surface area contributed by atoms with Crippen molar-refractivity contribution < 1.29 is 102 Å². The number of likely N-dealkylation sites (tertiary alicyclic amines) is 3. The van der Waals surface area contributed by atoms with Crippen molar-refractivity contribution in [3.63, 3.8) is 0 Å². The summed E-state index contributed by atoms with van der Waals surface area (Å²) >= 11 is 7.15. The van der Waals surface area contributed by atoms with Crippen LogP contribution in [0.3, 0.4) is 0 Å². The number of amides is 10. The Kier molecular flexibility index (Phi) is 31.1. The van der Waals surface area contributed by atoms with Crippen LogP contribution in [-0.2, 0) is 62.3 Å². The minimum Gasteiger partial charge on any atom is -0.508 e. The summed E-state index contributed by atoms with van der Waals surface area (Å²) in [6, 6.07) is 1.60. The van der Waals surface area contributed by atoms with Gasteiger partial charge in [0.2, 0.25) is 53.2 Å². The van der Waals surface area contributed by atoms with Crippen molar-refractivity contribution >= 4 is 129 Å². The Bertz CT molecular complexity index is 4030. The van der Waals surface area contributed by atoms with Crippen LogP contribution in [0, 0.1) is 0 Å². The number of phenolic OH excluding ortho intramolecular Hbond substituents is 1. The molecule has 5 aliphatic rings. The zero-order valence-corrected chi connectivity index (χ0v) is 60.9. The number of nitrogens with one attached hydrogen (secondary N) is 8. The van der Waals surface area contributed by atoms with E-state index in [0.29, 0.717) is 54.3 Å². The topological polar surface area (TPSA) is 526 Å². The van der Waals surface area contributed by atoms with Gasteiger partial charge in [0.1, 0.15) is 72.0 Å². The summed E-state index contributed by atoms with van der Waals surface area (Å²) in [4.78, 5) is 202. The third kappa shape index (κ3) is 23.5. The van der Waals surface area contributed by atoms with Crippen LogP contribution in [0.5, 0.6) is 5.75 Å². The number of hydrazine groups is 1. The Morgan fingerprint density at radius 1 is 0.636 bits per heavy atom. The molecule has 35 nitrogen and oxygen atoms in total. The fourth-order valence-electron chi connectivity index (χ4n) is 13.0. The van der Waals surface area contributed by atoms with E-state index in [9.17, 15) is 97.5 Å². The molecule has 0 aromatic heterocycles. The molecule has 0 unspecified atom stereocenters. The summed E-state index contributed by atoms with van der Waals surface area (Å²) in [5.41, 5.74) is 9.62. The van der Waals surface area contributed by atoms with Gasteiger partial charge in [0, 0.05) is 92.7 Å². The van der Waals surface area contributed by atoms with E-state index in [1.807, 2.05) is 6.26 Å². The summed E-state index contributed by atoms with van der Waals surface area (Å²) in [6.07, 6.45) is 0.454. The number of primary amides is 1. The van der Waals surface area contributed by atoms with Gasteiger partial charge in [-0.15, -0.1) is 0 Å². The monoisotopic (exact) mass is 1530 g/mol. The van der Waals surface area contributed by atoms with Crippen LogP contribution in [-0.4, -0.2) is 244 Å². The fraction of sp³-hybridized carbons (Fsp3) is 0.514. The van der Waals surface area contributed by atoms with Gasteiger partial charge in [0.25, 0.3) is 5.91 Å². The maximum Gasteiger partial charge on any atom is 0.336 e. The summed E-state index contributed by atoms with van der Waals surface area (Å²) in [5.74, 6) is -12.9. The van der Waals surface area contributed by atoms with Crippen molar-refractivity contribution in [2.45, 2.75) is 177 Å². The quantitative estimate of drug-likeness (QED) is 0.0127. The van der Waals surface area contributed by atoms with Crippen molar-refractivity contribution in [2.24, 2.45) is 5.73 Å². The molecule has 1 aliphatic carbocycles. The molecule has 4 aliphatic heterocycles. The first kappa shape index (κ1) is 83.7. The van der Waals surface area contributed by atoms with E-state index in [0.717, 1.165) is 20.6 Å². The predicted octanol–water partition coefficient (Wildman–Crippen LogP) is 0.779. The number of carbonyl (C=O) groups is 14. The molecule has 3 saturated heterocycles. The third-order valence-electron chi connectivity index (χ3n) is 18.4. The second kappa shape index (κ2) is 39.7. The highest BCUT2D eigenvalue weighted by Crippen LogP contribution is 2.43. The lowest BCUT2D eigenvalue weighted by Crippen LogP contribution is -2.61. The third-order valence-corrected chi connectivity index (χ3v) is 19.4. The van der Waals surface area contributed by atoms with Crippen molar-refractivity contribution in [1.82, 2.24) is 57.0 Å². The van der Waals surface area contributed by atoms with Crippen molar-refractivity contribution in [1.29, 1.82) is 0 Å². The van der Waals surface area contributed by atoms with Crippen molar-refractivity contribution in [3.05, 3.63) is 70.4 Å². The molecule has 0 spiro atoms. The van der Waals surface area contributed by atoms with Gasteiger partial charge < -0.3 is 92.7 Å². The number of thiocarbonyl (C=S) groups is 1. The number of nitrogens with zero attached hydrogens (tertiary/aromatic N) is 4. The van der Waals surface area contributed by atoms with Crippen LogP contribution < -0.4 is 53.8 Å². The van der Waals surface area contributed by atoms with Gasteiger partial charge in [-0.2, -0.15) is 11.8 Å². The Morgan fingerprint density at radius 3 is 1.82 bits per heavy atom. The minimum absolute atomic E-state index is 0.00126. The number of unbranched alkanes of at least 4 members (excludes halogenated alkanes) is 2. The summed E-state index contributed by atoms with van der Waals surface area (Å²) in [5, 5.41) is 79.7. The number of hydrogen-bond donors (Lipinski definition) is 15. The standard InChI is InChI=1S/C70H91N13O22S2/c1-37(67(101)83(73-28-6-7-32-107-3)36-55(88)81-30-9-12-50(81)63(97)77-47(22-25-57(91)92)62(96)76-46(61(71)95)21-24-56(89)90)74-66(100)60(38(2)84)79-65(99)51-13-10-31-82(51)68(102)48(23-26-58(93)94)78-64(98)49-11-8-29-80(49)54(87)14-4-5-27-72-70(106)75-39-15-18-42(69(103)104)45(33-39)59-43-19-16-40(85)34-52(43)105-53-35-41(86)17-20-44(53)59/h15-20,33-35,37-38,46-51,60,73,84-85H,4-14,21-32,36H2,1-3H3,(H2,71,95)(H,74,100)(H,76,96)(H,77,97)(H,78,98)(H,79,99)(H,89,90)(H,91,92)(H,93,94)(H,103,104)(H2,72,75,106)/t37-,38-,46-,47-,48-,49-,50-,51-,60-/m1/s1. The molecule has 4 heterocycles. The van der Waals surface area contributed by atoms with Gasteiger partial charge in [0.15, 0.2) is 10.5 Å². The molecule has 7 rings (SSSR count). The largest absolute Gasteiger partial charge is 0.508 e. The molecule has 37 heteroatoms. The second-order valence-electron chi connectivity index (χ2n) is 26.3. The number of hydrogen-bond acceptors (Lipinski definition) is 21. The Balaban J connectivity index is 0.931. The first-order valence-electron chi connectivity index (χ1n) is 35.1. The lowest BCUT2D eigenvalue weighted by atomic mass is 9.90. The number of aliphatic carboxylic acids is 3.